The molecule has 228 valence electrons. The van der Waals surface area contributed by atoms with Crippen molar-refractivity contribution in [1.29, 1.82) is 0 Å². The summed E-state index contributed by atoms with van der Waals surface area (Å²) >= 11 is 0. The van der Waals surface area contributed by atoms with Gasteiger partial charge in [-0.3, -0.25) is 0 Å². The predicted molar refractivity (Wildman–Crippen MR) is 201 cm³/mol. The van der Waals surface area contributed by atoms with Crippen molar-refractivity contribution < 1.29 is 41.4 Å². The van der Waals surface area contributed by atoms with E-state index in [1.165, 1.54) is 0 Å². The van der Waals surface area contributed by atoms with Crippen LogP contribution in [0.1, 0.15) is 37.0 Å². The number of hydrogen-bond donors (Lipinski definition) is 0. The summed E-state index contributed by atoms with van der Waals surface area (Å²) in [5, 5.41) is -4.68. The van der Waals surface area contributed by atoms with E-state index in [2.05, 4.69) is 15.0 Å². The van der Waals surface area contributed by atoms with E-state index >= 15 is 0 Å². The first-order valence-electron chi connectivity index (χ1n) is 27.7. The third-order valence-corrected chi connectivity index (χ3v) is 7.63. The van der Waals surface area contributed by atoms with Crippen molar-refractivity contribution in [3.63, 3.8) is 0 Å². The predicted octanol–water partition coefficient (Wildman–Crippen LogP) is 11.9. The van der Waals surface area contributed by atoms with Crippen LogP contribution in [-0.4, -0.2) is 15.0 Å². The summed E-state index contributed by atoms with van der Waals surface area (Å²) in [6.45, 7) is 0. The molecule has 10 rings (SSSR count). The largest absolute Gasteiger partial charge is 0.456 e. The zero-order valence-electron chi connectivity index (χ0n) is 51.2. The summed E-state index contributed by atoms with van der Waals surface area (Å²) in [5.41, 5.74) is -4.83. The van der Waals surface area contributed by atoms with Crippen molar-refractivity contribution in [3.05, 3.63) is 163 Å². The van der Waals surface area contributed by atoms with Gasteiger partial charge in [-0.25, -0.2) is 15.0 Å². The molecule has 0 aliphatic rings. The highest BCUT2D eigenvalue weighted by atomic mass is 16.3. The van der Waals surface area contributed by atoms with Crippen molar-refractivity contribution in [1.82, 2.24) is 15.0 Å². The van der Waals surface area contributed by atoms with Crippen molar-refractivity contribution >= 4 is 54.3 Å². The fourth-order valence-electron chi connectivity index (χ4n) is 5.52. The van der Waals surface area contributed by atoms with Gasteiger partial charge in [0.1, 0.15) is 11.2 Å². The molecule has 0 atom stereocenters. The zero-order valence-corrected chi connectivity index (χ0v) is 24.2. The molecule has 0 saturated carbocycles. The first-order chi connectivity index (χ1) is 35.5. The second-order valence-electron chi connectivity index (χ2n) is 10.3. The number of aromatic nitrogens is 3. The van der Waals surface area contributed by atoms with Gasteiger partial charge in [0.2, 0.25) is 0 Å². The molecule has 10 aromatic rings. The van der Waals surface area contributed by atoms with E-state index in [9.17, 15) is 12.3 Å². The smallest absolute Gasteiger partial charge is 0.164 e. The van der Waals surface area contributed by atoms with Gasteiger partial charge in [0, 0.05) is 27.5 Å². The van der Waals surface area contributed by atoms with Crippen molar-refractivity contribution in [2.75, 3.05) is 0 Å². The molecule has 0 aliphatic heterocycles. The van der Waals surface area contributed by atoms with Crippen LogP contribution in [0, 0.1) is 0 Å². The summed E-state index contributed by atoms with van der Waals surface area (Å²) in [7, 11) is 0. The van der Waals surface area contributed by atoms with Crippen LogP contribution in [0.2, 0.25) is 0 Å². The lowest BCUT2D eigenvalue weighted by atomic mass is 9.91. The summed E-state index contributed by atoms with van der Waals surface area (Å²) in [6, 6.07) is -24.1. The van der Waals surface area contributed by atoms with Crippen LogP contribution in [-0.2, 0) is 0 Å². The average Bonchev–Trinajstić information content (AvgIpc) is 3.83. The molecule has 4 heteroatoms. The third kappa shape index (κ3) is 4.42. The molecule has 0 aliphatic carbocycles. The molecule has 0 spiro atoms. The molecular weight excluding hydrogens is 599 g/mol. The number of furan rings is 1. The van der Waals surface area contributed by atoms with Crippen molar-refractivity contribution in [2.45, 2.75) is 0 Å². The molecule has 0 fully saturated rings. The molecule has 4 nitrogen and oxygen atoms in total. The van der Waals surface area contributed by atoms with Gasteiger partial charge in [-0.05, 0) is 55.5 Å². The molecule has 8 aromatic carbocycles. The summed E-state index contributed by atoms with van der Waals surface area (Å²) in [6.07, 6.45) is 0. The molecule has 0 unspecified atom stereocenters. The molecular formula is C45H27N3O. The maximum Gasteiger partial charge on any atom is 0.164 e. The molecule has 2 aromatic heterocycles. The quantitative estimate of drug-likeness (QED) is 0.178. The Morgan fingerprint density at radius 3 is 1.69 bits per heavy atom. The van der Waals surface area contributed by atoms with E-state index in [1.807, 2.05) is 0 Å². The van der Waals surface area contributed by atoms with Gasteiger partial charge >= 0.3 is 0 Å². The van der Waals surface area contributed by atoms with Crippen molar-refractivity contribution in [3.8, 4) is 45.3 Å². The fraction of sp³-hybridized carbons (Fsp3) is 0. The Labute approximate surface area is 319 Å². The molecule has 0 bridgehead atoms. The van der Waals surface area contributed by atoms with Gasteiger partial charge in [-0.2, -0.15) is 0 Å². The second kappa shape index (κ2) is 11.0. The lowest BCUT2D eigenvalue weighted by molar-refractivity contribution is 0.669. The van der Waals surface area contributed by atoms with E-state index < -0.39 is 263 Å². The fourth-order valence-corrected chi connectivity index (χ4v) is 5.52. The van der Waals surface area contributed by atoms with Gasteiger partial charge in [-0.15, -0.1) is 0 Å². The van der Waals surface area contributed by atoms with Gasteiger partial charge < -0.3 is 4.42 Å². The highest BCUT2D eigenvalue weighted by Crippen LogP contribution is 2.40. The van der Waals surface area contributed by atoms with E-state index in [4.69, 9.17) is 29.1 Å². The Morgan fingerprint density at radius 2 is 0.878 bits per heavy atom. The van der Waals surface area contributed by atoms with Gasteiger partial charge in [0.25, 0.3) is 0 Å². The normalized spacial score (nSPS) is 19.4. The van der Waals surface area contributed by atoms with E-state index in [1.54, 1.807) is 0 Å². The topological polar surface area (TPSA) is 51.8 Å². The highest BCUT2D eigenvalue weighted by Gasteiger charge is 2.19. The van der Waals surface area contributed by atoms with E-state index in [0.29, 0.717) is 0 Å². The molecule has 0 saturated heterocycles. The first-order valence-corrected chi connectivity index (χ1v) is 14.2. The van der Waals surface area contributed by atoms with Crippen LogP contribution in [0.5, 0.6) is 0 Å². The van der Waals surface area contributed by atoms with Crippen molar-refractivity contribution in [2.24, 2.45) is 0 Å². The number of para-hydroxylation sites is 1. The molecule has 49 heavy (non-hydrogen) atoms. The number of hydrogen-bond acceptors (Lipinski definition) is 4. The SMILES string of the molecule is [2H]c1c([2H])c([2H])c(-c2nc(-c3c([2H])c([2H])c([2H])c4c(-c5c([2H])c([2H])c([2H])c6c5c([2H])c([2H])c5c([2H])c([2H])c([2H])c([2H])c56)c([2H])c([2H])c([2H])c34)nc(-c3c([2H])c([2H])c([2H])c4oc5c([2H])c([2H])c([2H])c([2H])c5c34)n2)c([2H])c1[2H]. The molecule has 0 radical (unpaired) electrons. The van der Waals surface area contributed by atoms with Crippen LogP contribution in [0.3, 0.4) is 0 Å². The van der Waals surface area contributed by atoms with E-state index in [-0.39, 0.29) is 0 Å². The number of fused-ring (bicyclic) bond motifs is 7. The Bertz CT molecular complexity index is 4410. The molecule has 0 N–H and O–H groups in total. The Kier molecular flexibility index (Phi) is 2.64. The first kappa shape index (κ1) is 11.8. The Hall–Kier alpha value is -6.65. The maximum absolute atomic E-state index is 9.40. The minimum Gasteiger partial charge on any atom is -0.456 e. The average molecular weight is 653 g/mol. The van der Waals surface area contributed by atoms with Crippen LogP contribution >= 0.6 is 0 Å². The summed E-state index contributed by atoms with van der Waals surface area (Å²) in [4.78, 5) is 13.3. The lowest BCUT2D eigenvalue weighted by Crippen LogP contribution is -2.01. The number of nitrogens with zero attached hydrogens (tertiary/aromatic N) is 3. The van der Waals surface area contributed by atoms with Crippen LogP contribution in [0.25, 0.3) is 99.5 Å². The minimum atomic E-state index is -1.05. The van der Waals surface area contributed by atoms with Gasteiger partial charge in [-0.1, -0.05) is 151 Å². The van der Waals surface area contributed by atoms with Crippen LogP contribution in [0.4, 0.5) is 0 Å². The van der Waals surface area contributed by atoms with Crippen LogP contribution < -0.4 is 0 Å². The third-order valence-electron chi connectivity index (χ3n) is 7.63. The monoisotopic (exact) mass is 652 g/mol. The standard InChI is InChI=1S/C45H27N3O/c1-2-13-29(14-3-1)43-46-44(48-45(47-43)39-23-11-25-41-42(39)38-16-6-7-24-40(38)49-41)37-22-10-20-33-32(18-9-21-35(33)37)34-19-8-17-31-30-15-5-4-12-28(30)26-27-36(31)34/h1-27H/i1D,2D,3D,4D,5D,6D,7D,8D,9D,10D,11D,12D,13D,14D,15D,16D,17D,18D,19D,20D,21D,22D,23D,24D,25D,26D,27D. The maximum atomic E-state index is 9.40. The summed E-state index contributed by atoms with van der Waals surface area (Å²) < 4.78 is 245. The number of rotatable bonds is 4. The summed E-state index contributed by atoms with van der Waals surface area (Å²) in [5.74, 6) is -2.57. The second-order valence-corrected chi connectivity index (χ2v) is 10.3. The van der Waals surface area contributed by atoms with Gasteiger partial charge in [0.15, 0.2) is 17.5 Å². The van der Waals surface area contributed by atoms with Crippen LogP contribution in [0.15, 0.2) is 168 Å². The Balaban J connectivity index is 1.45. The highest BCUT2D eigenvalue weighted by molar-refractivity contribution is 6.15. The minimum absolute atomic E-state index is 0.443. The molecule has 2 heterocycles. The number of benzene rings is 8. The molecule has 0 amide bonds. The van der Waals surface area contributed by atoms with Gasteiger partial charge in [0.05, 0.1) is 37.0 Å². The Morgan fingerprint density at radius 1 is 0.347 bits per heavy atom. The zero-order chi connectivity index (χ0) is 55.8. The van der Waals surface area contributed by atoms with E-state index in [0.717, 1.165) is 0 Å². The lowest BCUT2D eigenvalue weighted by Gasteiger charge is -2.14.